The van der Waals surface area contributed by atoms with Crippen LogP contribution in [0.4, 0.5) is 13.2 Å². The molecule has 2 aromatic rings. The number of carbonyl (C=O) groups is 1. The van der Waals surface area contributed by atoms with Crippen LogP contribution in [0.1, 0.15) is 38.2 Å². The van der Waals surface area contributed by atoms with Crippen molar-refractivity contribution in [1.29, 1.82) is 0 Å². The number of halogens is 3. The van der Waals surface area contributed by atoms with Crippen LogP contribution in [0, 0.1) is 20.8 Å². The minimum absolute atomic E-state index is 0.0511. The Morgan fingerprint density at radius 2 is 1.65 bits per heavy atom. The number of nitrogens with one attached hydrogen (secondary N) is 1. The van der Waals surface area contributed by atoms with Crippen LogP contribution in [-0.4, -0.2) is 5.91 Å². The first-order valence-corrected chi connectivity index (χ1v) is 7.20. The molecule has 0 saturated carbocycles. The molecule has 0 unspecified atom stereocenters. The highest BCUT2D eigenvalue weighted by Crippen LogP contribution is 2.29. The van der Waals surface area contributed by atoms with Gasteiger partial charge in [0.2, 0.25) is 0 Å². The Kier molecular flexibility index (Phi) is 4.78. The second-order valence-electron chi connectivity index (χ2n) is 5.65. The summed E-state index contributed by atoms with van der Waals surface area (Å²) >= 11 is 0. The molecule has 0 aliphatic carbocycles. The third kappa shape index (κ3) is 4.12. The lowest BCUT2D eigenvalue weighted by molar-refractivity contribution is -0.137. The summed E-state index contributed by atoms with van der Waals surface area (Å²) in [5.74, 6) is -0.280. The molecular formula is C18H18F3NO. The Hall–Kier alpha value is -2.30. The van der Waals surface area contributed by atoms with Gasteiger partial charge in [-0.25, -0.2) is 0 Å². The third-order valence-corrected chi connectivity index (χ3v) is 3.61. The quantitative estimate of drug-likeness (QED) is 0.882. The van der Waals surface area contributed by atoms with Crippen molar-refractivity contribution in [2.24, 2.45) is 0 Å². The van der Waals surface area contributed by atoms with Crippen LogP contribution in [0.15, 0.2) is 36.4 Å². The van der Waals surface area contributed by atoms with E-state index in [4.69, 9.17) is 0 Å². The number of carbonyl (C=O) groups excluding carboxylic acids is 1. The van der Waals surface area contributed by atoms with Crippen LogP contribution in [0.3, 0.4) is 0 Å². The molecule has 0 spiro atoms. The van der Waals surface area contributed by atoms with Gasteiger partial charge < -0.3 is 5.32 Å². The summed E-state index contributed by atoms with van der Waals surface area (Å²) in [5, 5.41) is 2.69. The molecule has 0 fully saturated rings. The average Bonchev–Trinajstić information content (AvgIpc) is 2.43. The van der Waals surface area contributed by atoms with Gasteiger partial charge in [0, 0.05) is 12.1 Å². The highest BCUT2D eigenvalue weighted by molar-refractivity contribution is 5.97. The van der Waals surface area contributed by atoms with Crippen molar-refractivity contribution in [3.63, 3.8) is 0 Å². The molecule has 0 aliphatic rings. The Bertz CT molecular complexity index is 712. The molecule has 2 aromatic carbocycles. The molecule has 122 valence electrons. The number of rotatable bonds is 3. The van der Waals surface area contributed by atoms with Gasteiger partial charge in [0.05, 0.1) is 5.56 Å². The summed E-state index contributed by atoms with van der Waals surface area (Å²) in [5.41, 5.74) is 3.03. The van der Waals surface area contributed by atoms with Gasteiger partial charge in [-0.1, -0.05) is 29.8 Å². The van der Waals surface area contributed by atoms with E-state index in [1.807, 2.05) is 32.9 Å². The van der Waals surface area contributed by atoms with Gasteiger partial charge in [0.1, 0.15) is 0 Å². The van der Waals surface area contributed by atoms with Crippen LogP contribution >= 0.6 is 0 Å². The zero-order chi connectivity index (χ0) is 17.2. The minimum atomic E-state index is -4.38. The van der Waals surface area contributed by atoms with Crippen molar-refractivity contribution >= 4 is 5.91 Å². The van der Waals surface area contributed by atoms with Crippen LogP contribution in [0.5, 0.6) is 0 Å². The smallest absolute Gasteiger partial charge is 0.348 e. The summed E-state index contributed by atoms with van der Waals surface area (Å²) in [6, 6.07) is 8.78. The molecule has 0 atom stereocenters. The highest BCUT2D eigenvalue weighted by Gasteiger charge is 2.30. The molecular weight excluding hydrogens is 303 g/mol. The predicted octanol–water partition coefficient (Wildman–Crippen LogP) is 4.56. The van der Waals surface area contributed by atoms with Crippen molar-refractivity contribution in [1.82, 2.24) is 5.32 Å². The largest absolute Gasteiger partial charge is 0.416 e. The van der Waals surface area contributed by atoms with Crippen molar-refractivity contribution in [3.05, 3.63) is 69.8 Å². The van der Waals surface area contributed by atoms with Gasteiger partial charge in [-0.3, -0.25) is 4.79 Å². The van der Waals surface area contributed by atoms with Gasteiger partial charge in [-0.15, -0.1) is 0 Å². The SMILES string of the molecule is Cc1cc(C)c(C(=O)NCc2cccc(C(F)(F)F)c2)c(C)c1. The first kappa shape index (κ1) is 17.1. The third-order valence-electron chi connectivity index (χ3n) is 3.61. The van der Waals surface area contributed by atoms with Crippen molar-refractivity contribution in [2.45, 2.75) is 33.5 Å². The Morgan fingerprint density at radius 1 is 1.04 bits per heavy atom. The lowest BCUT2D eigenvalue weighted by atomic mass is 9.99. The molecule has 0 saturated heterocycles. The van der Waals surface area contributed by atoms with Crippen molar-refractivity contribution in [2.75, 3.05) is 0 Å². The van der Waals surface area contributed by atoms with Gasteiger partial charge in [0.15, 0.2) is 0 Å². The number of hydrogen-bond acceptors (Lipinski definition) is 1. The lowest BCUT2D eigenvalue weighted by Gasteiger charge is -2.13. The fraction of sp³-hybridized carbons (Fsp3) is 0.278. The predicted molar refractivity (Wildman–Crippen MR) is 83.3 cm³/mol. The van der Waals surface area contributed by atoms with E-state index in [9.17, 15) is 18.0 Å². The second kappa shape index (κ2) is 6.44. The van der Waals surface area contributed by atoms with Crippen LogP contribution in [0.25, 0.3) is 0 Å². The summed E-state index contributed by atoms with van der Waals surface area (Å²) in [4.78, 5) is 12.3. The Morgan fingerprint density at radius 3 is 2.22 bits per heavy atom. The molecule has 2 rings (SSSR count). The molecule has 5 heteroatoms. The molecule has 0 aromatic heterocycles. The highest BCUT2D eigenvalue weighted by atomic mass is 19.4. The molecule has 1 amide bonds. The maximum absolute atomic E-state index is 12.7. The van der Waals surface area contributed by atoms with Gasteiger partial charge in [-0.2, -0.15) is 13.2 Å². The first-order chi connectivity index (χ1) is 10.7. The Labute approximate surface area is 133 Å². The summed E-state index contributed by atoms with van der Waals surface area (Å²) in [6.45, 7) is 5.69. The second-order valence-corrected chi connectivity index (χ2v) is 5.65. The molecule has 0 radical (unpaired) electrons. The van der Waals surface area contributed by atoms with Gasteiger partial charge in [0.25, 0.3) is 5.91 Å². The van der Waals surface area contributed by atoms with Crippen LogP contribution in [0.2, 0.25) is 0 Å². The first-order valence-electron chi connectivity index (χ1n) is 7.20. The van der Waals surface area contributed by atoms with Crippen molar-refractivity contribution < 1.29 is 18.0 Å². The van der Waals surface area contributed by atoms with E-state index in [2.05, 4.69) is 5.32 Å². The fourth-order valence-electron chi connectivity index (χ4n) is 2.67. The number of alkyl halides is 3. The van der Waals surface area contributed by atoms with Crippen LogP contribution < -0.4 is 5.32 Å². The van der Waals surface area contributed by atoms with E-state index in [-0.39, 0.29) is 12.5 Å². The summed E-state index contributed by atoms with van der Waals surface area (Å²) < 4.78 is 38.1. The standard InChI is InChI=1S/C18H18F3NO/c1-11-7-12(2)16(13(3)8-11)17(23)22-10-14-5-4-6-15(9-14)18(19,20)21/h4-9H,10H2,1-3H3,(H,22,23). The van der Waals surface area contributed by atoms with E-state index < -0.39 is 11.7 Å². The molecule has 0 aliphatic heterocycles. The molecule has 2 nitrogen and oxygen atoms in total. The molecule has 1 N–H and O–H groups in total. The lowest BCUT2D eigenvalue weighted by Crippen LogP contribution is -2.24. The maximum Gasteiger partial charge on any atom is 0.416 e. The average molecular weight is 321 g/mol. The van der Waals surface area contributed by atoms with Gasteiger partial charge in [-0.05, 0) is 49.6 Å². The molecule has 0 bridgehead atoms. The monoisotopic (exact) mass is 321 g/mol. The van der Waals surface area contributed by atoms with E-state index in [0.29, 0.717) is 11.1 Å². The van der Waals surface area contributed by atoms with E-state index in [1.54, 1.807) is 6.07 Å². The zero-order valence-corrected chi connectivity index (χ0v) is 13.2. The number of amides is 1. The van der Waals surface area contributed by atoms with E-state index in [0.717, 1.165) is 28.8 Å². The van der Waals surface area contributed by atoms with Crippen LogP contribution in [-0.2, 0) is 12.7 Å². The minimum Gasteiger partial charge on any atom is -0.348 e. The summed E-state index contributed by atoms with van der Waals surface area (Å²) in [6.07, 6.45) is -4.38. The molecule has 23 heavy (non-hydrogen) atoms. The van der Waals surface area contributed by atoms with E-state index >= 15 is 0 Å². The topological polar surface area (TPSA) is 29.1 Å². The zero-order valence-electron chi connectivity index (χ0n) is 13.2. The maximum atomic E-state index is 12.7. The normalized spacial score (nSPS) is 11.4. The fourth-order valence-corrected chi connectivity index (χ4v) is 2.67. The van der Waals surface area contributed by atoms with Gasteiger partial charge >= 0.3 is 6.18 Å². The number of benzene rings is 2. The molecule has 0 heterocycles. The van der Waals surface area contributed by atoms with Crippen molar-refractivity contribution in [3.8, 4) is 0 Å². The Balaban J connectivity index is 2.14. The number of hydrogen-bond donors (Lipinski definition) is 1. The van der Waals surface area contributed by atoms with E-state index in [1.165, 1.54) is 6.07 Å². The summed E-state index contributed by atoms with van der Waals surface area (Å²) in [7, 11) is 0. The number of aryl methyl sites for hydroxylation is 3.